The molecule has 168 valence electrons. The number of halogens is 1. The van der Waals surface area contributed by atoms with E-state index < -0.39 is 18.1 Å². The van der Waals surface area contributed by atoms with Gasteiger partial charge >= 0.3 is 5.97 Å². The Balaban J connectivity index is 1.68. The van der Waals surface area contributed by atoms with Crippen molar-refractivity contribution < 1.29 is 19.1 Å². The largest absolute Gasteiger partial charge is 0.481 e. The summed E-state index contributed by atoms with van der Waals surface area (Å²) in [5.74, 6) is -0.288. The van der Waals surface area contributed by atoms with Gasteiger partial charge in [0.05, 0.1) is 17.1 Å². The van der Waals surface area contributed by atoms with Crippen LogP contribution in [0, 0.1) is 0 Å². The zero-order chi connectivity index (χ0) is 23.7. The third-order valence-electron chi connectivity index (χ3n) is 5.03. The van der Waals surface area contributed by atoms with Gasteiger partial charge in [0.25, 0.3) is 5.56 Å². The topological polar surface area (TPSA) is 107 Å². The summed E-state index contributed by atoms with van der Waals surface area (Å²) in [4.78, 5) is 28.9. The summed E-state index contributed by atoms with van der Waals surface area (Å²) < 4.78 is 12.4. The Hall–Kier alpha value is -4.43. The van der Waals surface area contributed by atoms with Gasteiger partial charge in [0.15, 0.2) is 12.4 Å². The highest BCUT2D eigenvalue weighted by Crippen LogP contribution is 2.27. The third-order valence-corrected chi connectivity index (χ3v) is 5.27. The zero-order valence-corrected chi connectivity index (χ0v) is 18.3. The molecule has 9 heteroatoms. The fourth-order valence-electron chi connectivity index (χ4n) is 3.49. The standard InChI is InChI=1S/C25H16ClN3O5/c26-17-9-10-20(33-14-23(30)31)16(11-17)13-27-29-24(22-12-15-5-1-4-8-21(15)34-22)28-19-7-3-2-6-18(19)25(29)32/h1-13H,14H2,(H,30,31). The molecule has 5 rings (SSSR count). The second kappa shape index (κ2) is 8.84. The van der Waals surface area contributed by atoms with Crippen LogP contribution >= 0.6 is 11.6 Å². The molecule has 0 aliphatic heterocycles. The van der Waals surface area contributed by atoms with Crippen LogP contribution in [0.5, 0.6) is 5.75 Å². The highest BCUT2D eigenvalue weighted by Gasteiger charge is 2.16. The molecule has 2 aromatic heterocycles. The number of carboxylic acids is 1. The van der Waals surface area contributed by atoms with E-state index in [1.165, 1.54) is 12.3 Å². The summed E-state index contributed by atoms with van der Waals surface area (Å²) in [7, 11) is 0. The fourth-order valence-corrected chi connectivity index (χ4v) is 3.67. The zero-order valence-electron chi connectivity index (χ0n) is 17.5. The van der Waals surface area contributed by atoms with Gasteiger partial charge in [0, 0.05) is 16.0 Å². The minimum Gasteiger partial charge on any atom is -0.481 e. The second-order valence-corrected chi connectivity index (χ2v) is 7.76. The van der Waals surface area contributed by atoms with Gasteiger partial charge < -0.3 is 14.3 Å². The maximum atomic E-state index is 13.4. The monoisotopic (exact) mass is 473 g/mol. The first-order valence-electron chi connectivity index (χ1n) is 10.2. The smallest absolute Gasteiger partial charge is 0.341 e. The summed E-state index contributed by atoms with van der Waals surface area (Å²) >= 11 is 6.11. The number of ether oxygens (including phenoxy) is 1. The summed E-state index contributed by atoms with van der Waals surface area (Å²) in [6.07, 6.45) is 1.37. The van der Waals surface area contributed by atoms with Gasteiger partial charge in [0.1, 0.15) is 11.3 Å². The molecule has 0 saturated heterocycles. The summed E-state index contributed by atoms with van der Waals surface area (Å²) in [5, 5.41) is 14.9. The molecule has 0 aliphatic rings. The minimum atomic E-state index is -1.13. The summed E-state index contributed by atoms with van der Waals surface area (Å²) in [6.45, 7) is -0.538. The molecule has 2 heterocycles. The van der Waals surface area contributed by atoms with Crippen molar-refractivity contribution in [3.8, 4) is 17.3 Å². The van der Waals surface area contributed by atoms with Crippen LogP contribution in [0.2, 0.25) is 5.02 Å². The molecule has 0 unspecified atom stereocenters. The Morgan fingerprint density at radius 3 is 2.74 bits per heavy atom. The number of furan rings is 1. The summed E-state index contributed by atoms with van der Waals surface area (Å²) in [5.41, 5.74) is 1.15. The van der Waals surface area contributed by atoms with Crippen molar-refractivity contribution in [1.29, 1.82) is 0 Å². The molecule has 1 N–H and O–H groups in total. The van der Waals surface area contributed by atoms with Crippen molar-refractivity contribution in [2.45, 2.75) is 0 Å². The molecule has 0 bridgehead atoms. The number of aliphatic carboxylic acids is 1. The van der Waals surface area contributed by atoms with Gasteiger partial charge in [-0.05, 0) is 42.5 Å². The first-order chi connectivity index (χ1) is 16.5. The minimum absolute atomic E-state index is 0.214. The molecule has 0 radical (unpaired) electrons. The molecule has 8 nitrogen and oxygen atoms in total. The second-order valence-electron chi connectivity index (χ2n) is 7.33. The molecule has 0 atom stereocenters. The van der Waals surface area contributed by atoms with Gasteiger partial charge in [-0.1, -0.05) is 41.9 Å². The van der Waals surface area contributed by atoms with E-state index in [4.69, 9.17) is 25.9 Å². The number of hydrogen-bond donors (Lipinski definition) is 1. The fraction of sp³-hybridized carbons (Fsp3) is 0.0400. The normalized spacial score (nSPS) is 11.4. The van der Waals surface area contributed by atoms with E-state index in [1.54, 1.807) is 42.5 Å². The molecule has 0 saturated carbocycles. The molecule has 34 heavy (non-hydrogen) atoms. The first-order valence-corrected chi connectivity index (χ1v) is 10.6. The number of nitrogens with zero attached hydrogens (tertiary/aromatic N) is 3. The highest BCUT2D eigenvalue weighted by atomic mass is 35.5. The Kier molecular flexibility index (Phi) is 5.57. The Morgan fingerprint density at radius 1 is 1.12 bits per heavy atom. The number of rotatable bonds is 6. The van der Waals surface area contributed by atoms with Crippen molar-refractivity contribution in [1.82, 2.24) is 9.66 Å². The van der Waals surface area contributed by atoms with E-state index in [2.05, 4.69) is 10.1 Å². The number of aromatic nitrogens is 2. The van der Waals surface area contributed by atoms with Crippen molar-refractivity contribution in [3.63, 3.8) is 0 Å². The highest BCUT2D eigenvalue weighted by molar-refractivity contribution is 6.30. The number of carboxylic acid groups (broad SMARTS) is 1. The van der Waals surface area contributed by atoms with Crippen LogP contribution in [0.4, 0.5) is 0 Å². The lowest BCUT2D eigenvalue weighted by atomic mass is 10.2. The van der Waals surface area contributed by atoms with Crippen LogP contribution in [0.1, 0.15) is 5.56 Å². The molecule has 0 aliphatic carbocycles. The average molecular weight is 474 g/mol. The Morgan fingerprint density at radius 2 is 1.91 bits per heavy atom. The van der Waals surface area contributed by atoms with Gasteiger partial charge in [-0.25, -0.2) is 9.78 Å². The van der Waals surface area contributed by atoms with Crippen molar-refractivity contribution in [2.75, 3.05) is 6.61 Å². The Bertz CT molecular complexity index is 1600. The number of fused-ring (bicyclic) bond motifs is 2. The van der Waals surface area contributed by atoms with Crippen LogP contribution in [0.3, 0.4) is 0 Å². The van der Waals surface area contributed by atoms with E-state index in [-0.39, 0.29) is 11.6 Å². The number of hydrogen-bond acceptors (Lipinski definition) is 6. The number of para-hydroxylation sites is 2. The SMILES string of the molecule is O=C(O)COc1ccc(Cl)cc1C=Nn1c(-c2cc3ccccc3o2)nc2ccccc2c1=O. The van der Waals surface area contributed by atoms with E-state index in [0.717, 1.165) is 10.1 Å². The van der Waals surface area contributed by atoms with Crippen molar-refractivity contribution in [2.24, 2.45) is 5.10 Å². The number of carbonyl (C=O) groups is 1. The van der Waals surface area contributed by atoms with Gasteiger partial charge in [-0.15, -0.1) is 0 Å². The number of benzene rings is 3. The first kappa shape index (κ1) is 21.4. The molecule has 5 aromatic rings. The average Bonchev–Trinajstić information content (AvgIpc) is 3.27. The van der Waals surface area contributed by atoms with Crippen LogP contribution in [0.15, 0.2) is 87.1 Å². The molecular formula is C25H16ClN3O5. The van der Waals surface area contributed by atoms with Crippen LogP contribution in [-0.2, 0) is 4.79 Å². The van der Waals surface area contributed by atoms with Crippen LogP contribution < -0.4 is 10.3 Å². The predicted molar refractivity (Wildman–Crippen MR) is 129 cm³/mol. The molecule has 0 amide bonds. The van der Waals surface area contributed by atoms with E-state index in [1.807, 2.05) is 24.3 Å². The van der Waals surface area contributed by atoms with Crippen LogP contribution in [-0.4, -0.2) is 33.6 Å². The quantitative estimate of drug-likeness (QED) is 0.355. The summed E-state index contributed by atoms with van der Waals surface area (Å²) in [6, 6.07) is 20.9. The van der Waals surface area contributed by atoms with Gasteiger partial charge in [-0.3, -0.25) is 4.79 Å². The lowest BCUT2D eigenvalue weighted by molar-refractivity contribution is -0.139. The molecule has 3 aromatic carbocycles. The van der Waals surface area contributed by atoms with Crippen molar-refractivity contribution in [3.05, 3.63) is 93.7 Å². The maximum absolute atomic E-state index is 13.4. The third kappa shape index (κ3) is 4.14. The predicted octanol–water partition coefficient (Wildman–Crippen LogP) is 4.81. The maximum Gasteiger partial charge on any atom is 0.341 e. The van der Waals surface area contributed by atoms with E-state index >= 15 is 0 Å². The lowest BCUT2D eigenvalue weighted by Gasteiger charge is -2.09. The van der Waals surface area contributed by atoms with Crippen molar-refractivity contribution >= 4 is 45.7 Å². The van der Waals surface area contributed by atoms with Crippen LogP contribution in [0.25, 0.3) is 33.5 Å². The molecule has 0 spiro atoms. The van der Waals surface area contributed by atoms with E-state index in [0.29, 0.717) is 32.8 Å². The Labute approximate surface area is 197 Å². The van der Waals surface area contributed by atoms with Gasteiger partial charge in [-0.2, -0.15) is 9.78 Å². The van der Waals surface area contributed by atoms with E-state index in [9.17, 15) is 9.59 Å². The van der Waals surface area contributed by atoms with Gasteiger partial charge in [0.2, 0.25) is 5.82 Å². The molecular weight excluding hydrogens is 458 g/mol. The lowest BCUT2D eigenvalue weighted by Crippen LogP contribution is -2.20. The molecule has 0 fully saturated rings.